The Labute approximate surface area is 109 Å². The van der Waals surface area contributed by atoms with Gasteiger partial charge in [-0.1, -0.05) is 50.0 Å². The van der Waals surface area contributed by atoms with E-state index >= 15 is 0 Å². The van der Waals surface area contributed by atoms with Crippen LogP contribution in [0.3, 0.4) is 0 Å². The molecule has 2 rings (SSSR count). The van der Waals surface area contributed by atoms with Crippen molar-refractivity contribution in [3.63, 3.8) is 0 Å². The van der Waals surface area contributed by atoms with Crippen LogP contribution in [0.15, 0.2) is 11.6 Å². The van der Waals surface area contributed by atoms with E-state index in [0.29, 0.717) is 0 Å². The third-order valence-electron chi connectivity index (χ3n) is 5.29. The van der Waals surface area contributed by atoms with Crippen LogP contribution in [0.1, 0.15) is 58.8 Å². The van der Waals surface area contributed by atoms with Gasteiger partial charge in [0.25, 0.3) is 0 Å². The van der Waals surface area contributed by atoms with E-state index in [9.17, 15) is 0 Å². The number of fused-ring (bicyclic) bond motifs is 1. The molecule has 2 aliphatic rings. The SMILES string of the molecule is CC(C)[SiH](C)CCC1CCCC2CCCC=C21. The first-order chi connectivity index (χ1) is 8.18. The Balaban J connectivity index is 1.89. The van der Waals surface area contributed by atoms with Crippen LogP contribution in [0.25, 0.3) is 0 Å². The molecule has 0 bridgehead atoms. The topological polar surface area (TPSA) is 0 Å². The summed E-state index contributed by atoms with van der Waals surface area (Å²) in [6.07, 6.45) is 13.0. The van der Waals surface area contributed by atoms with Gasteiger partial charge in [-0.2, -0.15) is 0 Å². The molecule has 0 aliphatic heterocycles. The van der Waals surface area contributed by atoms with Crippen LogP contribution in [-0.2, 0) is 0 Å². The molecule has 0 aromatic rings. The molecule has 17 heavy (non-hydrogen) atoms. The lowest BCUT2D eigenvalue weighted by molar-refractivity contribution is 0.327. The molecule has 0 spiro atoms. The molecule has 0 nitrogen and oxygen atoms in total. The van der Waals surface area contributed by atoms with Crippen molar-refractivity contribution < 1.29 is 0 Å². The minimum absolute atomic E-state index is 0.423. The molecule has 3 unspecified atom stereocenters. The van der Waals surface area contributed by atoms with Gasteiger partial charge in [-0.05, 0) is 50.4 Å². The molecule has 0 amide bonds. The van der Waals surface area contributed by atoms with E-state index < -0.39 is 8.80 Å². The summed E-state index contributed by atoms with van der Waals surface area (Å²) in [5.74, 6) is 1.99. The molecule has 0 radical (unpaired) electrons. The van der Waals surface area contributed by atoms with Crippen molar-refractivity contribution in [3.05, 3.63) is 11.6 Å². The molecular weight excluding hydrogens is 220 g/mol. The Bertz CT molecular complexity index is 267. The van der Waals surface area contributed by atoms with Gasteiger partial charge in [-0.25, -0.2) is 0 Å². The maximum absolute atomic E-state index is 2.62. The van der Waals surface area contributed by atoms with Gasteiger partial charge >= 0.3 is 0 Å². The van der Waals surface area contributed by atoms with E-state index in [2.05, 4.69) is 26.5 Å². The quantitative estimate of drug-likeness (QED) is 0.477. The lowest BCUT2D eigenvalue weighted by Crippen LogP contribution is -2.23. The molecule has 0 aromatic heterocycles. The van der Waals surface area contributed by atoms with E-state index in [1.54, 1.807) is 6.04 Å². The fourth-order valence-corrected chi connectivity index (χ4v) is 5.26. The summed E-state index contributed by atoms with van der Waals surface area (Å²) in [4.78, 5) is 0. The van der Waals surface area contributed by atoms with Crippen molar-refractivity contribution in [1.82, 2.24) is 0 Å². The van der Waals surface area contributed by atoms with E-state index in [0.717, 1.165) is 17.4 Å². The summed E-state index contributed by atoms with van der Waals surface area (Å²) in [6, 6.07) is 1.58. The molecule has 0 N–H and O–H groups in total. The van der Waals surface area contributed by atoms with Crippen LogP contribution in [0.4, 0.5) is 0 Å². The second-order valence-corrected chi connectivity index (χ2v) is 10.6. The largest absolute Gasteiger partial charge is 0.0848 e. The van der Waals surface area contributed by atoms with Crippen molar-refractivity contribution in [1.29, 1.82) is 0 Å². The van der Waals surface area contributed by atoms with Crippen LogP contribution in [0.5, 0.6) is 0 Å². The molecule has 98 valence electrons. The first-order valence-electron chi connectivity index (χ1n) is 7.88. The lowest BCUT2D eigenvalue weighted by Gasteiger charge is -2.36. The summed E-state index contributed by atoms with van der Waals surface area (Å²) in [7, 11) is -0.423. The average molecular weight is 251 g/mol. The maximum Gasteiger partial charge on any atom is 0.0362 e. The Kier molecular flexibility index (Phi) is 4.90. The Morgan fingerprint density at radius 3 is 2.76 bits per heavy atom. The van der Waals surface area contributed by atoms with Gasteiger partial charge in [0.15, 0.2) is 0 Å². The fraction of sp³-hybridized carbons (Fsp3) is 0.875. The summed E-state index contributed by atoms with van der Waals surface area (Å²) in [5, 5.41) is 0. The summed E-state index contributed by atoms with van der Waals surface area (Å²) < 4.78 is 0. The van der Waals surface area contributed by atoms with E-state index in [4.69, 9.17) is 0 Å². The predicted octanol–water partition coefficient (Wildman–Crippen LogP) is 5.17. The molecular formula is C16H30Si. The van der Waals surface area contributed by atoms with Gasteiger partial charge in [0, 0.05) is 8.80 Å². The minimum Gasteiger partial charge on any atom is -0.0848 e. The van der Waals surface area contributed by atoms with Gasteiger partial charge < -0.3 is 0 Å². The van der Waals surface area contributed by atoms with Crippen LogP contribution in [0, 0.1) is 11.8 Å². The molecule has 2 aliphatic carbocycles. The second kappa shape index (κ2) is 6.22. The summed E-state index contributed by atoms with van der Waals surface area (Å²) in [6.45, 7) is 7.43. The first kappa shape index (κ1) is 13.4. The van der Waals surface area contributed by atoms with E-state index in [1.165, 1.54) is 44.9 Å². The van der Waals surface area contributed by atoms with Crippen LogP contribution >= 0.6 is 0 Å². The van der Waals surface area contributed by atoms with Crippen molar-refractivity contribution in [2.24, 2.45) is 11.8 Å². The Morgan fingerprint density at radius 2 is 2.00 bits per heavy atom. The van der Waals surface area contributed by atoms with Gasteiger partial charge in [0.1, 0.15) is 0 Å². The third kappa shape index (κ3) is 3.46. The lowest BCUT2D eigenvalue weighted by atomic mass is 9.71. The third-order valence-corrected chi connectivity index (χ3v) is 8.81. The zero-order valence-electron chi connectivity index (χ0n) is 12.0. The maximum atomic E-state index is 2.62. The van der Waals surface area contributed by atoms with Crippen molar-refractivity contribution in [3.8, 4) is 0 Å². The average Bonchev–Trinajstić information content (AvgIpc) is 2.35. The summed E-state index contributed by atoms with van der Waals surface area (Å²) in [5.41, 5.74) is 2.89. The standard InChI is InChI=1S/C16H30Si/c1-13(2)17(3)12-11-15-9-6-8-14-7-4-5-10-16(14)15/h10,13-15,17H,4-9,11-12H2,1-3H3. The second-order valence-electron chi connectivity index (χ2n) is 6.76. The van der Waals surface area contributed by atoms with Crippen LogP contribution in [0.2, 0.25) is 18.1 Å². The Hall–Kier alpha value is -0.0431. The number of hydrogen-bond acceptors (Lipinski definition) is 0. The van der Waals surface area contributed by atoms with Crippen LogP contribution in [-0.4, -0.2) is 8.80 Å². The molecule has 1 heteroatoms. The molecule has 0 saturated heterocycles. The predicted molar refractivity (Wildman–Crippen MR) is 80.3 cm³/mol. The van der Waals surface area contributed by atoms with Crippen molar-refractivity contribution >= 4 is 8.80 Å². The smallest absolute Gasteiger partial charge is 0.0362 e. The molecule has 0 heterocycles. The highest BCUT2D eigenvalue weighted by Gasteiger charge is 2.28. The number of hydrogen-bond donors (Lipinski definition) is 0. The Morgan fingerprint density at radius 1 is 1.24 bits per heavy atom. The number of allylic oxidation sites excluding steroid dienone is 2. The highest BCUT2D eigenvalue weighted by molar-refractivity contribution is 6.58. The first-order valence-corrected chi connectivity index (χ1v) is 10.5. The van der Waals surface area contributed by atoms with Crippen molar-refractivity contribution in [2.45, 2.75) is 76.9 Å². The van der Waals surface area contributed by atoms with E-state index in [-0.39, 0.29) is 0 Å². The molecule has 1 fully saturated rings. The van der Waals surface area contributed by atoms with Gasteiger partial charge in [-0.3, -0.25) is 0 Å². The van der Waals surface area contributed by atoms with Crippen molar-refractivity contribution in [2.75, 3.05) is 0 Å². The fourth-order valence-electron chi connectivity index (χ4n) is 3.66. The number of rotatable bonds is 4. The zero-order chi connectivity index (χ0) is 12.3. The van der Waals surface area contributed by atoms with Gasteiger partial charge in [0.05, 0.1) is 0 Å². The van der Waals surface area contributed by atoms with E-state index in [1.807, 2.05) is 5.57 Å². The molecule has 1 saturated carbocycles. The molecule has 3 atom stereocenters. The summed E-state index contributed by atoms with van der Waals surface area (Å²) >= 11 is 0. The highest BCUT2D eigenvalue weighted by Crippen LogP contribution is 2.42. The normalized spacial score (nSPS) is 30.9. The minimum atomic E-state index is -0.423. The zero-order valence-corrected chi connectivity index (χ0v) is 13.2. The van der Waals surface area contributed by atoms with Gasteiger partial charge in [-0.15, -0.1) is 0 Å². The van der Waals surface area contributed by atoms with Crippen LogP contribution < -0.4 is 0 Å². The molecule has 0 aromatic carbocycles. The monoisotopic (exact) mass is 250 g/mol. The highest BCUT2D eigenvalue weighted by atomic mass is 28.3. The van der Waals surface area contributed by atoms with Gasteiger partial charge in [0.2, 0.25) is 0 Å².